The van der Waals surface area contributed by atoms with Gasteiger partial charge >= 0.3 is 19.8 Å². The van der Waals surface area contributed by atoms with Crippen molar-refractivity contribution in [1.29, 1.82) is 0 Å². The molecule has 0 aliphatic heterocycles. The number of hydrogen-bond donors (Lipinski definition) is 1. The van der Waals surface area contributed by atoms with Crippen LogP contribution in [0, 0.1) is 0 Å². The van der Waals surface area contributed by atoms with Gasteiger partial charge in [-0.25, -0.2) is 4.57 Å². The van der Waals surface area contributed by atoms with Crippen molar-refractivity contribution < 1.29 is 42.1 Å². The minimum Gasteiger partial charge on any atom is -0.462 e. The fourth-order valence-electron chi connectivity index (χ4n) is 6.01. The van der Waals surface area contributed by atoms with Crippen molar-refractivity contribution in [3.05, 3.63) is 0 Å². The summed E-state index contributed by atoms with van der Waals surface area (Å²) < 4.78 is 34.2. The number of ether oxygens (including phenoxy) is 2. The summed E-state index contributed by atoms with van der Waals surface area (Å²) in [4.78, 5) is 35.2. The predicted octanol–water partition coefficient (Wildman–Crippen LogP) is 11.6. The van der Waals surface area contributed by atoms with E-state index in [0.29, 0.717) is 23.9 Å². The van der Waals surface area contributed by atoms with Crippen LogP contribution in [0.25, 0.3) is 0 Å². The minimum atomic E-state index is -4.36. The zero-order valence-electron chi connectivity index (χ0n) is 34.1. The number of carbonyl (C=O) groups excluding carboxylic acids is 2. The molecule has 0 saturated carbocycles. The molecule has 0 aromatic carbocycles. The van der Waals surface area contributed by atoms with E-state index in [9.17, 15) is 19.0 Å². The number of esters is 2. The van der Waals surface area contributed by atoms with E-state index in [4.69, 9.17) is 18.5 Å². The van der Waals surface area contributed by atoms with Gasteiger partial charge in [-0.05, 0) is 12.8 Å². The van der Waals surface area contributed by atoms with Crippen molar-refractivity contribution in [2.75, 3.05) is 47.5 Å². The normalized spacial score (nSPS) is 13.6. The first-order chi connectivity index (χ1) is 24.5. The van der Waals surface area contributed by atoms with E-state index in [1.165, 1.54) is 135 Å². The summed E-state index contributed by atoms with van der Waals surface area (Å²) in [5, 5.41) is 0. The Hall–Kier alpha value is -0.990. The predicted molar refractivity (Wildman–Crippen MR) is 211 cm³/mol. The first-order valence-corrected chi connectivity index (χ1v) is 22.8. The molecular formula is C41H83NO8P+. The van der Waals surface area contributed by atoms with Crippen LogP contribution >= 0.6 is 7.82 Å². The van der Waals surface area contributed by atoms with Crippen molar-refractivity contribution in [3.63, 3.8) is 0 Å². The zero-order chi connectivity index (χ0) is 37.9. The van der Waals surface area contributed by atoms with E-state index in [2.05, 4.69) is 13.8 Å². The van der Waals surface area contributed by atoms with E-state index in [0.717, 1.165) is 32.1 Å². The standard InChI is InChI=1S/C41H82NO8P/c1-6-8-10-12-14-16-18-19-20-21-22-23-24-26-27-29-31-33-40(43)47-37-39(38-49-51(45,46)48-36-35-42(3,4)5)50-41(44)34-32-30-28-25-17-15-13-11-9-7-2/h39H,6-38H2,1-5H3/p+1. The first kappa shape index (κ1) is 50.0. The van der Waals surface area contributed by atoms with Gasteiger partial charge in [-0.3, -0.25) is 18.6 Å². The third-order valence-corrected chi connectivity index (χ3v) is 10.4. The molecule has 0 rings (SSSR count). The molecule has 0 aliphatic carbocycles. The quantitative estimate of drug-likeness (QED) is 0.0286. The van der Waals surface area contributed by atoms with Gasteiger partial charge in [-0.1, -0.05) is 174 Å². The lowest BCUT2D eigenvalue weighted by Crippen LogP contribution is -2.37. The molecule has 0 amide bonds. The van der Waals surface area contributed by atoms with E-state index >= 15 is 0 Å². The molecule has 2 unspecified atom stereocenters. The maximum atomic E-state index is 12.6. The van der Waals surface area contributed by atoms with Gasteiger partial charge in [-0.15, -0.1) is 0 Å². The van der Waals surface area contributed by atoms with Crippen molar-refractivity contribution in [3.8, 4) is 0 Å². The maximum Gasteiger partial charge on any atom is 0.472 e. The molecule has 0 spiro atoms. The van der Waals surface area contributed by atoms with Gasteiger partial charge in [0.1, 0.15) is 19.8 Å². The highest BCUT2D eigenvalue weighted by molar-refractivity contribution is 7.47. The molecule has 10 heteroatoms. The third-order valence-electron chi connectivity index (χ3n) is 9.39. The number of rotatable bonds is 39. The van der Waals surface area contributed by atoms with Gasteiger partial charge < -0.3 is 18.9 Å². The Bertz CT molecular complexity index is 850. The summed E-state index contributed by atoms with van der Waals surface area (Å²) in [6, 6.07) is 0. The Morgan fingerprint density at radius 1 is 0.529 bits per heavy atom. The molecule has 0 bridgehead atoms. The fraction of sp³-hybridized carbons (Fsp3) is 0.951. The van der Waals surface area contributed by atoms with Crippen molar-refractivity contribution in [1.82, 2.24) is 0 Å². The third kappa shape index (κ3) is 38.5. The zero-order valence-corrected chi connectivity index (χ0v) is 35.0. The fourth-order valence-corrected chi connectivity index (χ4v) is 6.76. The minimum absolute atomic E-state index is 0.0365. The maximum absolute atomic E-state index is 12.6. The monoisotopic (exact) mass is 749 g/mol. The molecule has 0 aromatic heterocycles. The molecular weight excluding hydrogens is 665 g/mol. The Morgan fingerprint density at radius 2 is 0.882 bits per heavy atom. The molecule has 9 nitrogen and oxygen atoms in total. The summed E-state index contributed by atoms with van der Waals surface area (Å²) in [7, 11) is 1.49. The van der Waals surface area contributed by atoms with Gasteiger partial charge in [0.2, 0.25) is 0 Å². The highest BCUT2D eigenvalue weighted by atomic mass is 31.2. The van der Waals surface area contributed by atoms with E-state index < -0.39 is 26.5 Å². The lowest BCUT2D eigenvalue weighted by atomic mass is 10.0. The molecule has 0 aliphatic rings. The van der Waals surface area contributed by atoms with Gasteiger partial charge in [0.05, 0.1) is 27.7 Å². The second-order valence-electron chi connectivity index (χ2n) is 15.7. The van der Waals surface area contributed by atoms with Crippen LogP contribution in [0.15, 0.2) is 0 Å². The van der Waals surface area contributed by atoms with Crippen molar-refractivity contribution in [2.24, 2.45) is 0 Å². The smallest absolute Gasteiger partial charge is 0.462 e. The van der Waals surface area contributed by atoms with E-state index in [1.807, 2.05) is 21.1 Å². The molecule has 0 saturated heterocycles. The first-order valence-electron chi connectivity index (χ1n) is 21.3. The van der Waals surface area contributed by atoms with Crippen LogP contribution in [-0.4, -0.2) is 74.9 Å². The highest BCUT2D eigenvalue weighted by Crippen LogP contribution is 2.43. The molecule has 304 valence electrons. The Labute approximate surface area is 314 Å². The van der Waals surface area contributed by atoms with Crippen LogP contribution in [0.5, 0.6) is 0 Å². The van der Waals surface area contributed by atoms with Gasteiger partial charge in [0, 0.05) is 12.8 Å². The molecule has 0 fully saturated rings. The summed E-state index contributed by atoms with van der Waals surface area (Å²) in [6.45, 7) is 4.43. The second kappa shape index (κ2) is 34.8. The number of likely N-dealkylation sites (N-methyl/N-ethyl adjacent to an activating group) is 1. The Morgan fingerprint density at radius 3 is 1.25 bits per heavy atom. The second-order valence-corrected chi connectivity index (χ2v) is 17.2. The van der Waals surface area contributed by atoms with Crippen LogP contribution < -0.4 is 0 Å². The van der Waals surface area contributed by atoms with E-state index in [1.54, 1.807) is 0 Å². The lowest BCUT2D eigenvalue weighted by molar-refractivity contribution is -0.870. The average molecular weight is 749 g/mol. The van der Waals surface area contributed by atoms with Crippen LogP contribution in [-0.2, 0) is 32.7 Å². The van der Waals surface area contributed by atoms with Gasteiger partial charge in [0.25, 0.3) is 0 Å². The molecule has 2 atom stereocenters. The van der Waals surface area contributed by atoms with Gasteiger partial charge in [-0.2, -0.15) is 0 Å². The molecule has 0 heterocycles. The number of phosphoric acid groups is 1. The Kier molecular flexibility index (Phi) is 34.1. The number of nitrogens with zero attached hydrogens (tertiary/aromatic N) is 1. The number of hydrogen-bond acceptors (Lipinski definition) is 7. The van der Waals surface area contributed by atoms with Crippen molar-refractivity contribution in [2.45, 2.75) is 206 Å². The lowest BCUT2D eigenvalue weighted by Gasteiger charge is -2.24. The largest absolute Gasteiger partial charge is 0.472 e. The molecule has 0 aromatic rings. The van der Waals surface area contributed by atoms with E-state index in [-0.39, 0.29) is 25.6 Å². The molecule has 51 heavy (non-hydrogen) atoms. The van der Waals surface area contributed by atoms with Crippen LogP contribution in [0.4, 0.5) is 0 Å². The molecule has 0 radical (unpaired) electrons. The number of phosphoric ester groups is 1. The van der Waals surface area contributed by atoms with Crippen LogP contribution in [0.1, 0.15) is 200 Å². The summed E-state index contributed by atoms with van der Waals surface area (Å²) >= 11 is 0. The number of carbonyl (C=O) groups is 2. The summed E-state index contributed by atoms with van der Waals surface area (Å²) in [6.07, 6.45) is 32.9. The SMILES string of the molecule is CCCCCCCCCCCCCCCCCCCC(=O)OCC(COP(=O)(O)OCC[N+](C)(C)C)OC(=O)CCCCCCCCCCCC. The van der Waals surface area contributed by atoms with Gasteiger partial charge in [0.15, 0.2) is 6.10 Å². The summed E-state index contributed by atoms with van der Waals surface area (Å²) in [5.74, 6) is -0.788. The average Bonchev–Trinajstić information content (AvgIpc) is 3.07. The van der Waals surface area contributed by atoms with Crippen molar-refractivity contribution >= 4 is 19.8 Å². The summed E-state index contributed by atoms with van der Waals surface area (Å²) in [5.41, 5.74) is 0. The topological polar surface area (TPSA) is 108 Å². The van der Waals surface area contributed by atoms with Crippen LogP contribution in [0.2, 0.25) is 0 Å². The molecule has 1 N–H and O–H groups in total. The highest BCUT2D eigenvalue weighted by Gasteiger charge is 2.27. The van der Waals surface area contributed by atoms with Crippen LogP contribution in [0.3, 0.4) is 0 Å². The number of quaternary nitrogens is 1. The Balaban J connectivity index is 4.27. The number of unbranched alkanes of at least 4 members (excludes halogenated alkanes) is 25.